The molecule has 9 heteroatoms. The number of hydrogen-bond donors (Lipinski definition) is 1. The normalized spacial score (nSPS) is 26.4. The van der Waals surface area contributed by atoms with Gasteiger partial charge in [0, 0.05) is 29.0 Å². The molecule has 4 aliphatic rings. The van der Waals surface area contributed by atoms with Crippen molar-refractivity contribution in [1.29, 1.82) is 0 Å². The molecule has 1 atom stereocenters. The van der Waals surface area contributed by atoms with Gasteiger partial charge in [0.05, 0.1) is 11.7 Å². The fourth-order valence-corrected chi connectivity index (χ4v) is 5.52. The third kappa shape index (κ3) is 4.81. The molecular formula is C26H31ClFN5O2. The molecule has 2 aliphatic heterocycles. The van der Waals surface area contributed by atoms with Crippen LogP contribution in [0, 0.1) is 5.82 Å². The number of nitrogens with one attached hydrogen (secondary N) is 1. The lowest BCUT2D eigenvalue weighted by Crippen LogP contribution is -2.45. The largest absolute Gasteiger partial charge is 0.458 e. The number of ether oxygens (including phenoxy) is 1. The molecule has 2 aliphatic carbocycles. The third-order valence-electron chi connectivity index (χ3n) is 6.89. The summed E-state index contributed by atoms with van der Waals surface area (Å²) in [5.41, 5.74) is 1.72. The highest BCUT2D eigenvalue weighted by Gasteiger charge is 2.43. The van der Waals surface area contributed by atoms with E-state index in [9.17, 15) is 9.18 Å². The predicted molar refractivity (Wildman–Crippen MR) is 132 cm³/mol. The lowest BCUT2D eigenvalue weighted by molar-refractivity contribution is -0.158. The fourth-order valence-electron chi connectivity index (χ4n) is 5.31. The van der Waals surface area contributed by atoms with Crippen molar-refractivity contribution in [3.63, 3.8) is 0 Å². The number of rotatable bonds is 3. The summed E-state index contributed by atoms with van der Waals surface area (Å²) in [7, 11) is 0. The van der Waals surface area contributed by atoms with Gasteiger partial charge in [-0.1, -0.05) is 11.6 Å². The Kier molecular flexibility index (Phi) is 6.34. The molecule has 0 amide bonds. The zero-order valence-electron chi connectivity index (χ0n) is 20.3. The van der Waals surface area contributed by atoms with E-state index in [0.717, 1.165) is 47.8 Å². The first-order chi connectivity index (χ1) is 16.7. The highest BCUT2D eigenvalue weighted by molar-refractivity contribution is 6.29. The molecule has 1 saturated carbocycles. The van der Waals surface area contributed by atoms with E-state index in [1.54, 1.807) is 18.6 Å². The number of carbonyl (C=O) groups is 1. The van der Waals surface area contributed by atoms with Gasteiger partial charge in [-0.25, -0.2) is 14.2 Å². The summed E-state index contributed by atoms with van der Waals surface area (Å²) in [6.07, 6.45) is 11.9. The van der Waals surface area contributed by atoms with Gasteiger partial charge in [0.25, 0.3) is 0 Å². The molecule has 186 valence electrons. The molecule has 0 saturated heterocycles. The number of hydrazone groups is 1. The summed E-state index contributed by atoms with van der Waals surface area (Å²) in [5.74, 6) is 0.355. The molecule has 7 nitrogen and oxygen atoms in total. The van der Waals surface area contributed by atoms with Crippen LogP contribution in [-0.4, -0.2) is 44.9 Å². The van der Waals surface area contributed by atoms with E-state index < -0.39 is 11.6 Å². The molecule has 0 bridgehead atoms. The van der Waals surface area contributed by atoms with E-state index in [4.69, 9.17) is 21.4 Å². The maximum absolute atomic E-state index is 14.3. The molecule has 5 rings (SSSR count). The number of fused-ring (bicyclic) bond motifs is 1. The standard InChI is InChI=1S/C26H31ClFN5O2/c1-26(2,3)35-25(34)24-19-11-8-17(27)13-21(19)30-14-22-32(24)15-31-33(22)18-9-6-16(7-10-18)23-20(28)5-4-12-29-23/h4-5,12-16,18,24,30H,6-11H2,1-3H3/t16-,18+,24?. The molecule has 0 aromatic carbocycles. The van der Waals surface area contributed by atoms with Gasteiger partial charge in [-0.3, -0.25) is 9.88 Å². The van der Waals surface area contributed by atoms with Crippen LogP contribution in [0.25, 0.3) is 0 Å². The van der Waals surface area contributed by atoms with Crippen LogP contribution < -0.4 is 5.32 Å². The zero-order valence-corrected chi connectivity index (χ0v) is 21.1. The Morgan fingerprint density at radius 2 is 2.00 bits per heavy atom. The van der Waals surface area contributed by atoms with Crippen LogP contribution >= 0.6 is 11.6 Å². The van der Waals surface area contributed by atoms with Gasteiger partial charge >= 0.3 is 5.97 Å². The van der Waals surface area contributed by atoms with E-state index >= 15 is 0 Å². The molecule has 1 aromatic heterocycles. The topological polar surface area (TPSA) is 70.1 Å². The van der Waals surface area contributed by atoms with Crippen molar-refractivity contribution in [1.82, 2.24) is 20.2 Å². The molecule has 1 unspecified atom stereocenters. The third-order valence-corrected chi connectivity index (χ3v) is 7.19. The van der Waals surface area contributed by atoms with Gasteiger partial charge in [0.15, 0.2) is 6.04 Å². The van der Waals surface area contributed by atoms with Crippen LogP contribution in [0.5, 0.6) is 0 Å². The van der Waals surface area contributed by atoms with Gasteiger partial charge in [-0.15, -0.1) is 0 Å². The maximum atomic E-state index is 14.3. The number of halogens is 2. The Hall–Kier alpha value is -2.87. The highest BCUT2D eigenvalue weighted by Crippen LogP contribution is 2.40. The number of hydrogen-bond acceptors (Lipinski definition) is 7. The van der Waals surface area contributed by atoms with Crippen LogP contribution in [-0.2, 0) is 9.53 Å². The van der Waals surface area contributed by atoms with Crippen LogP contribution in [0.4, 0.5) is 4.39 Å². The second kappa shape index (κ2) is 9.30. The van der Waals surface area contributed by atoms with E-state index in [0.29, 0.717) is 18.5 Å². The van der Waals surface area contributed by atoms with Crippen molar-refractivity contribution in [2.75, 3.05) is 0 Å². The van der Waals surface area contributed by atoms with Crippen molar-refractivity contribution < 1.29 is 13.9 Å². The van der Waals surface area contributed by atoms with Crippen molar-refractivity contribution in [2.45, 2.75) is 82.9 Å². The van der Waals surface area contributed by atoms with E-state index in [-0.39, 0.29) is 23.7 Å². The molecule has 0 radical (unpaired) electrons. The van der Waals surface area contributed by atoms with E-state index in [2.05, 4.69) is 10.3 Å². The van der Waals surface area contributed by atoms with Crippen LogP contribution in [0.2, 0.25) is 0 Å². The summed E-state index contributed by atoms with van der Waals surface area (Å²) in [6.45, 7) is 5.62. The first kappa shape index (κ1) is 23.9. The number of aromatic nitrogens is 1. The van der Waals surface area contributed by atoms with Crippen molar-refractivity contribution in [3.05, 3.63) is 64.2 Å². The first-order valence-electron chi connectivity index (χ1n) is 12.2. The van der Waals surface area contributed by atoms with Gasteiger partial charge < -0.3 is 10.1 Å². The maximum Gasteiger partial charge on any atom is 0.334 e. The Morgan fingerprint density at radius 3 is 2.71 bits per heavy atom. The summed E-state index contributed by atoms with van der Waals surface area (Å²) in [6, 6.07) is 2.62. The predicted octanol–water partition coefficient (Wildman–Crippen LogP) is 5.09. The second-order valence-corrected chi connectivity index (χ2v) is 11.0. The minimum Gasteiger partial charge on any atom is -0.458 e. The average molecular weight is 500 g/mol. The number of esters is 1. The average Bonchev–Trinajstić information content (AvgIpc) is 3.14. The first-order valence-corrected chi connectivity index (χ1v) is 12.6. The van der Waals surface area contributed by atoms with Crippen LogP contribution in [0.3, 0.4) is 0 Å². The number of nitrogens with zero attached hydrogens (tertiary/aromatic N) is 4. The van der Waals surface area contributed by atoms with Gasteiger partial charge in [0.1, 0.15) is 23.6 Å². The summed E-state index contributed by atoms with van der Waals surface area (Å²) in [5, 5.41) is 10.8. The van der Waals surface area contributed by atoms with Gasteiger partial charge in [-0.05, 0) is 83.1 Å². The quantitative estimate of drug-likeness (QED) is 0.584. The lowest BCUT2D eigenvalue weighted by Gasteiger charge is -2.36. The fraction of sp³-hybridized carbons (Fsp3) is 0.500. The minimum absolute atomic E-state index is 0.104. The molecule has 1 fully saturated rings. The second-order valence-electron chi connectivity index (χ2n) is 10.5. The van der Waals surface area contributed by atoms with Gasteiger partial charge in [0.2, 0.25) is 0 Å². The molecule has 35 heavy (non-hydrogen) atoms. The van der Waals surface area contributed by atoms with Gasteiger partial charge in [-0.2, -0.15) is 5.10 Å². The Morgan fingerprint density at radius 1 is 1.23 bits per heavy atom. The Bertz CT molecular complexity index is 1130. The number of allylic oxidation sites excluding steroid dienone is 2. The summed E-state index contributed by atoms with van der Waals surface area (Å²) in [4.78, 5) is 19.6. The smallest absolute Gasteiger partial charge is 0.334 e. The minimum atomic E-state index is -0.626. The SMILES string of the molecule is CC(C)(C)OC(=O)C1C2=C(C=C(Cl)CC2)NC=C2N1C=NN2[C@H]1CC[C@@H](c2ncccc2F)CC1. The summed E-state index contributed by atoms with van der Waals surface area (Å²) < 4.78 is 20.1. The molecule has 0 spiro atoms. The molecular weight excluding hydrogens is 469 g/mol. The Balaban J connectivity index is 1.38. The Labute approximate surface area is 210 Å². The number of carbonyl (C=O) groups excluding carboxylic acids is 1. The van der Waals surface area contributed by atoms with E-state index in [1.165, 1.54) is 6.07 Å². The molecule has 1 N–H and O–H groups in total. The lowest BCUT2D eigenvalue weighted by atomic mass is 9.83. The zero-order chi connectivity index (χ0) is 24.7. The monoisotopic (exact) mass is 499 g/mol. The van der Waals surface area contributed by atoms with Crippen LogP contribution in [0.1, 0.15) is 70.9 Å². The van der Waals surface area contributed by atoms with Crippen molar-refractivity contribution >= 4 is 23.9 Å². The van der Waals surface area contributed by atoms with Crippen molar-refractivity contribution in [2.24, 2.45) is 5.10 Å². The van der Waals surface area contributed by atoms with Crippen molar-refractivity contribution in [3.8, 4) is 0 Å². The molecule has 3 heterocycles. The highest BCUT2D eigenvalue weighted by atomic mass is 35.5. The van der Waals surface area contributed by atoms with E-state index in [1.807, 2.05) is 43.0 Å². The molecule has 1 aromatic rings. The number of pyridine rings is 1. The van der Waals surface area contributed by atoms with Crippen LogP contribution in [0.15, 0.2) is 57.8 Å². The summed E-state index contributed by atoms with van der Waals surface area (Å²) >= 11 is 6.34.